The minimum absolute atomic E-state index is 1.23. The Morgan fingerprint density at radius 1 is 0.259 bits per heavy atom. The van der Waals surface area contributed by atoms with Crippen molar-refractivity contribution in [1.82, 2.24) is 0 Å². The topological polar surface area (TPSA) is 0 Å². The van der Waals surface area contributed by atoms with Crippen molar-refractivity contribution in [1.29, 1.82) is 0 Å². The van der Waals surface area contributed by atoms with Crippen LogP contribution in [-0.2, 0) is 0 Å². The van der Waals surface area contributed by atoms with Gasteiger partial charge in [-0.15, -0.1) is 0 Å². The molecule has 0 fully saturated rings. The van der Waals surface area contributed by atoms with Gasteiger partial charge in [-0.2, -0.15) is 0 Å². The standard InChI is InChI=1S/C48H34.3C2H6/c1-31-14-3-6-21-37(31)44-30-46-45(28-32(44)2)48(41-27-13-18-34-16-5-8-23-39(34)41)43-25-10-9-24-42(43)47(46)36-20-11-19-35(29-36)40-26-12-17-33-15-4-7-22-38(33)40;3*1-2/h3-30H,1-2H3;3*1-2H3. The lowest BCUT2D eigenvalue weighted by atomic mass is 9.82. The predicted molar refractivity (Wildman–Crippen MR) is 242 cm³/mol. The van der Waals surface area contributed by atoms with E-state index in [2.05, 4.69) is 184 Å². The Labute approximate surface area is 322 Å². The van der Waals surface area contributed by atoms with Crippen molar-refractivity contribution in [3.63, 3.8) is 0 Å². The zero-order valence-corrected chi connectivity index (χ0v) is 33.2. The van der Waals surface area contributed by atoms with E-state index in [1.807, 2.05) is 41.5 Å². The molecule has 0 unspecified atom stereocenters. The molecule has 0 atom stereocenters. The van der Waals surface area contributed by atoms with Crippen molar-refractivity contribution in [3.8, 4) is 44.5 Å². The first-order valence-electron chi connectivity index (χ1n) is 19.8. The second kappa shape index (κ2) is 17.2. The van der Waals surface area contributed by atoms with Crippen LogP contribution in [0.4, 0.5) is 0 Å². The van der Waals surface area contributed by atoms with E-state index >= 15 is 0 Å². The summed E-state index contributed by atoms with van der Waals surface area (Å²) in [6.45, 7) is 16.5. The highest BCUT2D eigenvalue weighted by Crippen LogP contribution is 2.47. The summed E-state index contributed by atoms with van der Waals surface area (Å²) in [6.07, 6.45) is 0. The first kappa shape index (κ1) is 37.8. The van der Waals surface area contributed by atoms with Gasteiger partial charge in [-0.3, -0.25) is 0 Å². The van der Waals surface area contributed by atoms with Crippen molar-refractivity contribution in [2.75, 3.05) is 0 Å². The van der Waals surface area contributed by atoms with Gasteiger partial charge in [0.05, 0.1) is 0 Å². The Hall–Kier alpha value is -5.98. The van der Waals surface area contributed by atoms with Gasteiger partial charge in [0.15, 0.2) is 0 Å². The highest BCUT2D eigenvalue weighted by molar-refractivity contribution is 6.24. The molecule has 0 N–H and O–H groups in total. The largest absolute Gasteiger partial charge is 0.0683 e. The quantitative estimate of drug-likeness (QED) is 0.160. The summed E-state index contributed by atoms with van der Waals surface area (Å²) in [6, 6.07) is 62.7. The molecule has 0 spiro atoms. The third-order valence-corrected chi connectivity index (χ3v) is 10.1. The number of hydrogen-bond acceptors (Lipinski definition) is 0. The highest BCUT2D eigenvalue weighted by Gasteiger charge is 2.20. The Kier molecular flexibility index (Phi) is 12.1. The molecule has 0 nitrogen and oxygen atoms in total. The van der Waals surface area contributed by atoms with Gasteiger partial charge < -0.3 is 0 Å². The molecular weight excluding hydrogens is 649 g/mol. The monoisotopic (exact) mass is 700 g/mol. The summed E-state index contributed by atoms with van der Waals surface area (Å²) in [5.41, 5.74) is 12.7. The lowest BCUT2D eigenvalue weighted by Gasteiger charge is -2.21. The molecule has 0 saturated carbocycles. The summed E-state index contributed by atoms with van der Waals surface area (Å²) in [4.78, 5) is 0. The third kappa shape index (κ3) is 6.93. The van der Waals surface area contributed by atoms with Crippen LogP contribution in [0.5, 0.6) is 0 Å². The van der Waals surface area contributed by atoms with Gasteiger partial charge in [0.2, 0.25) is 0 Å². The summed E-state index contributed by atoms with van der Waals surface area (Å²) in [7, 11) is 0. The minimum Gasteiger partial charge on any atom is -0.0683 e. The van der Waals surface area contributed by atoms with Crippen LogP contribution in [0.25, 0.3) is 87.6 Å². The summed E-state index contributed by atoms with van der Waals surface area (Å²) in [5.74, 6) is 0. The molecule has 9 rings (SSSR count). The van der Waals surface area contributed by atoms with Gasteiger partial charge in [0.1, 0.15) is 0 Å². The molecule has 0 radical (unpaired) electrons. The fraction of sp³-hybridized carbons (Fsp3) is 0.148. The van der Waals surface area contributed by atoms with Crippen LogP contribution in [0, 0.1) is 13.8 Å². The number of fused-ring (bicyclic) bond motifs is 4. The molecule has 9 aromatic rings. The summed E-state index contributed by atoms with van der Waals surface area (Å²) < 4.78 is 0. The van der Waals surface area contributed by atoms with Crippen LogP contribution in [0.15, 0.2) is 170 Å². The molecule has 0 saturated heterocycles. The molecule has 0 aliphatic rings. The Balaban J connectivity index is 0.000000792. The third-order valence-electron chi connectivity index (χ3n) is 10.1. The van der Waals surface area contributed by atoms with Crippen molar-refractivity contribution in [2.45, 2.75) is 55.4 Å². The number of rotatable bonds is 4. The van der Waals surface area contributed by atoms with Gasteiger partial charge in [-0.05, 0) is 125 Å². The maximum absolute atomic E-state index is 2.47. The van der Waals surface area contributed by atoms with Crippen LogP contribution in [-0.4, -0.2) is 0 Å². The van der Waals surface area contributed by atoms with Gasteiger partial charge in [0, 0.05) is 0 Å². The molecule has 54 heavy (non-hydrogen) atoms. The van der Waals surface area contributed by atoms with Crippen LogP contribution < -0.4 is 0 Å². The molecule has 0 heteroatoms. The zero-order valence-electron chi connectivity index (χ0n) is 33.2. The summed E-state index contributed by atoms with van der Waals surface area (Å²) in [5, 5.41) is 10.2. The van der Waals surface area contributed by atoms with Crippen molar-refractivity contribution < 1.29 is 0 Å². The Bertz CT molecular complexity index is 2680. The highest BCUT2D eigenvalue weighted by atomic mass is 14.2. The van der Waals surface area contributed by atoms with Crippen molar-refractivity contribution >= 4 is 43.1 Å². The van der Waals surface area contributed by atoms with E-state index in [1.165, 1.54) is 98.7 Å². The average Bonchev–Trinajstić information content (AvgIpc) is 3.25. The first-order valence-corrected chi connectivity index (χ1v) is 19.8. The number of benzene rings is 9. The second-order valence-corrected chi connectivity index (χ2v) is 13.0. The first-order chi connectivity index (χ1) is 26.7. The molecule has 268 valence electrons. The molecule has 0 aromatic heterocycles. The molecular formula is C54H52. The lowest BCUT2D eigenvalue weighted by Crippen LogP contribution is -1.95. The fourth-order valence-electron chi connectivity index (χ4n) is 7.86. The minimum atomic E-state index is 1.23. The van der Waals surface area contributed by atoms with Gasteiger partial charge in [-0.25, -0.2) is 0 Å². The van der Waals surface area contributed by atoms with E-state index < -0.39 is 0 Å². The van der Waals surface area contributed by atoms with E-state index in [0.717, 1.165) is 0 Å². The summed E-state index contributed by atoms with van der Waals surface area (Å²) >= 11 is 0. The van der Waals surface area contributed by atoms with E-state index in [9.17, 15) is 0 Å². The van der Waals surface area contributed by atoms with Crippen LogP contribution in [0.3, 0.4) is 0 Å². The van der Waals surface area contributed by atoms with E-state index in [0.29, 0.717) is 0 Å². The van der Waals surface area contributed by atoms with E-state index in [-0.39, 0.29) is 0 Å². The molecule has 0 heterocycles. The van der Waals surface area contributed by atoms with Crippen molar-refractivity contribution in [2.24, 2.45) is 0 Å². The van der Waals surface area contributed by atoms with Crippen LogP contribution in [0.2, 0.25) is 0 Å². The molecule has 0 aliphatic heterocycles. The Morgan fingerprint density at radius 3 is 1.35 bits per heavy atom. The predicted octanol–water partition coefficient (Wildman–Crippen LogP) is 16.7. The molecule has 0 aliphatic carbocycles. The van der Waals surface area contributed by atoms with E-state index in [1.54, 1.807) is 0 Å². The van der Waals surface area contributed by atoms with Crippen LogP contribution in [0.1, 0.15) is 52.7 Å². The molecule has 9 aromatic carbocycles. The molecule has 0 bridgehead atoms. The SMILES string of the molecule is CC.CC.CC.Cc1ccccc1-c1cc2c(-c3cccc(-c4cccc5ccccc45)c3)c3ccccc3c(-c3cccc4ccccc34)c2cc1C. The zero-order chi connectivity index (χ0) is 38.2. The Morgan fingerprint density at radius 2 is 0.704 bits per heavy atom. The van der Waals surface area contributed by atoms with Gasteiger partial charge >= 0.3 is 0 Å². The normalized spacial score (nSPS) is 10.6. The van der Waals surface area contributed by atoms with Gasteiger partial charge in [0.25, 0.3) is 0 Å². The number of aryl methyl sites for hydroxylation is 2. The van der Waals surface area contributed by atoms with Crippen LogP contribution >= 0.6 is 0 Å². The maximum Gasteiger partial charge on any atom is -0.00200 e. The average molecular weight is 701 g/mol. The van der Waals surface area contributed by atoms with Gasteiger partial charge in [-0.1, -0.05) is 199 Å². The number of hydrogen-bond donors (Lipinski definition) is 0. The van der Waals surface area contributed by atoms with E-state index in [4.69, 9.17) is 0 Å². The molecule has 0 amide bonds. The second-order valence-electron chi connectivity index (χ2n) is 13.0. The maximum atomic E-state index is 2.47. The van der Waals surface area contributed by atoms with Crippen molar-refractivity contribution in [3.05, 3.63) is 181 Å². The smallest absolute Gasteiger partial charge is 0.00200 e. The fourth-order valence-corrected chi connectivity index (χ4v) is 7.86. The lowest BCUT2D eigenvalue weighted by molar-refractivity contribution is 1.42.